The lowest BCUT2D eigenvalue weighted by molar-refractivity contribution is 0.103. The van der Waals surface area contributed by atoms with Gasteiger partial charge in [0.2, 0.25) is 0 Å². The molecule has 3 heteroatoms. The van der Waals surface area contributed by atoms with Gasteiger partial charge in [-0.2, -0.15) is 0 Å². The molecule has 0 amide bonds. The minimum absolute atomic E-state index is 0.498. The van der Waals surface area contributed by atoms with Crippen LogP contribution in [0.15, 0.2) is 16.5 Å². The molecule has 0 saturated carbocycles. The molecule has 0 aliphatic carbocycles. The van der Waals surface area contributed by atoms with Crippen molar-refractivity contribution in [2.24, 2.45) is 5.41 Å². The number of likely N-dealkylation sites (tertiary alicyclic amines) is 1. The summed E-state index contributed by atoms with van der Waals surface area (Å²) < 4.78 is 5.91. The molecule has 1 N–H and O–H groups in total. The van der Waals surface area contributed by atoms with E-state index in [1.54, 1.807) is 0 Å². The lowest BCUT2D eigenvalue weighted by Crippen LogP contribution is -2.37. The molecule has 1 aromatic rings. The van der Waals surface area contributed by atoms with Crippen molar-refractivity contribution in [2.45, 2.75) is 66.1 Å². The average molecular weight is 278 g/mol. The summed E-state index contributed by atoms with van der Waals surface area (Å²) in [6.45, 7) is 13.2. The molecule has 1 aromatic heterocycles. The predicted octanol–water partition coefficient (Wildman–Crippen LogP) is 3.79. The van der Waals surface area contributed by atoms with E-state index in [1.165, 1.54) is 32.4 Å². The highest BCUT2D eigenvalue weighted by atomic mass is 16.3. The van der Waals surface area contributed by atoms with Crippen LogP contribution in [0.3, 0.4) is 0 Å². The number of nitrogens with zero attached hydrogens (tertiary/aromatic N) is 1. The van der Waals surface area contributed by atoms with Crippen molar-refractivity contribution in [3.05, 3.63) is 23.7 Å². The van der Waals surface area contributed by atoms with Crippen molar-refractivity contribution in [1.29, 1.82) is 0 Å². The number of rotatable bonds is 6. The maximum absolute atomic E-state index is 5.91. The van der Waals surface area contributed by atoms with Crippen LogP contribution in [0.25, 0.3) is 0 Å². The summed E-state index contributed by atoms with van der Waals surface area (Å²) in [6, 6.07) is 4.73. The second kappa shape index (κ2) is 6.77. The molecule has 0 atom stereocenters. The van der Waals surface area contributed by atoms with Crippen molar-refractivity contribution >= 4 is 0 Å². The molecule has 0 spiro atoms. The van der Waals surface area contributed by atoms with Crippen molar-refractivity contribution in [3.63, 3.8) is 0 Å². The third kappa shape index (κ3) is 4.35. The zero-order valence-corrected chi connectivity index (χ0v) is 13.5. The number of nitrogens with one attached hydrogen (secondary N) is 1. The van der Waals surface area contributed by atoms with Crippen LogP contribution in [0.1, 0.15) is 58.5 Å². The van der Waals surface area contributed by atoms with Crippen LogP contribution in [0.4, 0.5) is 0 Å². The van der Waals surface area contributed by atoms with Gasteiger partial charge in [0.05, 0.1) is 13.1 Å². The van der Waals surface area contributed by atoms with Crippen molar-refractivity contribution < 1.29 is 4.42 Å². The summed E-state index contributed by atoms with van der Waals surface area (Å²) in [7, 11) is 0. The van der Waals surface area contributed by atoms with Gasteiger partial charge in [0.25, 0.3) is 0 Å². The molecule has 20 heavy (non-hydrogen) atoms. The molecule has 114 valence electrons. The first-order chi connectivity index (χ1) is 9.50. The van der Waals surface area contributed by atoms with Gasteiger partial charge in [-0.15, -0.1) is 0 Å². The Labute approximate surface area is 123 Å². The molecule has 3 nitrogen and oxygen atoms in total. The predicted molar refractivity (Wildman–Crippen MR) is 83.6 cm³/mol. The summed E-state index contributed by atoms with van der Waals surface area (Å²) in [5.41, 5.74) is 0.562. The van der Waals surface area contributed by atoms with Gasteiger partial charge >= 0.3 is 0 Å². The Bertz CT molecular complexity index is 403. The monoisotopic (exact) mass is 278 g/mol. The topological polar surface area (TPSA) is 28.4 Å². The van der Waals surface area contributed by atoms with E-state index in [9.17, 15) is 0 Å². The van der Waals surface area contributed by atoms with E-state index in [2.05, 4.69) is 50.0 Å². The van der Waals surface area contributed by atoms with Gasteiger partial charge in [0.1, 0.15) is 11.5 Å². The fraction of sp³-hybridized carbons (Fsp3) is 0.765. The summed E-state index contributed by atoms with van der Waals surface area (Å²) in [5, 5.41) is 3.39. The van der Waals surface area contributed by atoms with E-state index < -0.39 is 0 Å². The SMILES string of the molecule is CCC1(C)CCN(Cc2ccc(CNC(C)C)o2)CC1. The van der Waals surface area contributed by atoms with E-state index in [0.29, 0.717) is 11.5 Å². The highest BCUT2D eigenvalue weighted by Gasteiger charge is 2.28. The van der Waals surface area contributed by atoms with Gasteiger partial charge in [-0.05, 0) is 43.5 Å². The van der Waals surface area contributed by atoms with E-state index in [-0.39, 0.29) is 0 Å². The zero-order chi connectivity index (χ0) is 14.6. The molecule has 1 saturated heterocycles. The van der Waals surface area contributed by atoms with Crippen LogP contribution in [0.2, 0.25) is 0 Å². The minimum atomic E-state index is 0.498. The maximum atomic E-state index is 5.91. The van der Waals surface area contributed by atoms with Crippen molar-refractivity contribution in [2.75, 3.05) is 13.1 Å². The molecular formula is C17H30N2O. The first-order valence-corrected chi connectivity index (χ1v) is 8.04. The van der Waals surface area contributed by atoms with Crippen molar-refractivity contribution in [1.82, 2.24) is 10.2 Å². The third-order valence-corrected chi connectivity index (χ3v) is 4.70. The molecule has 1 fully saturated rings. The van der Waals surface area contributed by atoms with Gasteiger partial charge < -0.3 is 9.73 Å². The van der Waals surface area contributed by atoms with Crippen LogP contribution in [0.5, 0.6) is 0 Å². The molecule has 1 aliphatic rings. The number of hydrogen-bond donors (Lipinski definition) is 1. The Morgan fingerprint density at radius 3 is 2.50 bits per heavy atom. The van der Waals surface area contributed by atoms with Gasteiger partial charge in [-0.1, -0.05) is 34.1 Å². The van der Waals surface area contributed by atoms with Gasteiger partial charge in [-0.3, -0.25) is 4.90 Å². The Balaban J connectivity index is 1.80. The van der Waals surface area contributed by atoms with Crippen LogP contribution in [-0.4, -0.2) is 24.0 Å². The molecule has 0 bridgehead atoms. The number of hydrogen-bond acceptors (Lipinski definition) is 3. The molecule has 0 unspecified atom stereocenters. The molecule has 2 heterocycles. The molecule has 0 radical (unpaired) electrons. The summed E-state index contributed by atoms with van der Waals surface area (Å²) >= 11 is 0. The summed E-state index contributed by atoms with van der Waals surface area (Å²) in [6.07, 6.45) is 3.92. The van der Waals surface area contributed by atoms with E-state index in [4.69, 9.17) is 4.42 Å². The third-order valence-electron chi connectivity index (χ3n) is 4.70. The Morgan fingerprint density at radius 1 is 1.25 bits per heavy atom. The Kier molecular flexibility index (Phi) is 5.28. The zero-order valence-electron chi connectivity index (χ0n) is 13.5. The molecule has 0 aromatic carbocycles. The summed E-state index contributed by atoms with van der Waals surface area (Å²) in [4.78, 5) is 2.52. The van der Waals surface area contributed by atoms with E-state index in [0.717, 1.165) is 24.6 Å². The Hall–Kier alpha value is -0.800. The first kappa shape index (κ1) is 15.6. The van der Waals surface area contributed by atoms with E-state index in [1.807, 2.05) is 0 Å². The van der Waals surface area contributed by atoms with Crippen LogP contribution < -0.4 is 5.32 Å². The molecule has 2 rings (SSSR count). The van der Waals surface area contributed by atoms with Crippen molar-refractivity contribution in [3.8, 4) is 0 Å². The standard InChI is InChI=1S/C17H30N2O/c1-5-17(4)8-10-19(11-9-17)13-16-7-6-15(20-16)12-18-14(2)3/h6-7,14,18H,5,8-13H2,1-4H3. The van der Waals surface area contributed by atoms with Crippen LogP contribution in [-0.2, 0) is 13.1 Å². The van der Waals surface area contributed by atoms with Gasteiger partial charge in [0.15, 0.2) is 0 Å². The van der Waals surface area contributed by atoms with Crippen LogP contribution in [0, 0.1) is 5.41 Å². The molecule has 1 aliphatic heterocycles. The summed E-state index contributed by atoms with van der Waals surface area (Å²) in [5.74, 6) is 2.15. The van der Waals surface area contributed by atoms with Gasteiger partial charge in [-0.25, -0.2) is 0 Å². The largest absolute Gasteiger partial charge is 0.463 e. The lowest BCUT2D eigenvalue weighted by Gasteiger charge is -2.38. The first-order valence-electron chi connectivity index (χ1n) is 8.04. The normalized spacial score (nSPS) is 19.6. The highest BCUT2D eigenvalue weighted by molar-refractivity contribution is 5.07. The minimum Gasteiger partial charge on any atom is -0.463 e. The second-order valence-electron chi connectivity index (χ2n) is 6.84. The molecular weight excluding hydrogens is 248 g/mol. The van der Waals surface area contributed by atoms with Gasteiger partial charge in [0, 0.05) is 6.04 Å². The smallest absolute Gasteiger partial charge is 0.118 e. The number of piperidine rings is 1. The Morgan fingerprint density at radius 2 is 1.90 bits per heavy atom. The number of furan rings is 1. The highest BCUT2D eigenvalue weighted by Crippen LogP contribution is 2.34. The average Bonchev–Trinajstić information content (AvgIpc) is 2.87. The van der Waals surface area contributed by atoms with E-state index >= 15 is 0 Å². The maximum Gasteiger partial charge on any atom is 0.118 e. The second-order valence-corrected chi connectivity index (χ2v) is 6.84. The fourth-order valence-electron chi connectivity index (χ4n) is 2.73. The van der Waals surface area contributed by atoms with Crippen LogP contribution >= 0.6 is 0 Å². The quantitative estimate of drug-likeness (QED) is 0.858. The fourth-order valence-corrected chi connectivity index (χ4v) is 2.73. The lowest BCUT2D eigenvalue weighted by atomic mass is 9.78.